The number of hydrogen-bond donors (Lipinski definition) is 1. The Kier molecular flexibility index (Phi) is 3.22. The molecule has 1 aromatic carbocycles. The van der Waals surface area contributed by atoms with Crippen LogP contribution in [0.15, 0.2) is 24.3 Å². The monoisotopic (exact) mass is 210 g/mol. The normalized spacial score (nSPS) is 9.67. The van der Waals surface area contributed by atoms with E-state index in [-0.39, 0.29) is 12.2 Å². The molecule has 0 saturated heterocycles. The third-order valence-corrected chi connectivity index (χ3v) is 1.90. The quantitative estimate of drug-likeness (QED) is 0.611. The fourth-order valence-corrected chi connectivity index (χ4v) is 1.20. The number of benzene rings is 1. The zero-order chi connectivity index (χ0) is 11.4. The van der Waals surface area contributed by atoms with Gasteiger partial charge in [0.2, 0.25) is 0 Å². The first-order chi connectivity index (χ1) is 7.06. The number of anilines is 1. The van der Waals surface area contributed by atoms with E-state index in [1.807, 2.05) is 0 Å². The minimum Gasteiger partial charge on any atom is -0.465 e. The van der Waals surface area contributed by atoms with Crippen molar-refractivity contribution in [3.8, 4) is 0 Å². The fourth-order valence-electron chi connectivity index (χ4n) is 1.20. The van der Waals surface area contributed by atoms with Crippen LogP contribution in [0.5, 0.6) is 0 Å². The van der Waals surface area contributed by atoms with Gasteiger partial charge >= 0.3 is 6.09 Å². The summed E-state index contributed by atoms with van der Waals surface area (Å²) in [7, 11) is 0. The molecule has 80 valence electrons. The number of carboxylic acid groups (broad SMARTS) is 1. The van der Waals surface area contributed by atoms with Crippen LogP contribution in [-0.2, 0) is 0 Å². The van der Waals surface area contributed by atoms with Gasteiger partial charge in [-0.1, -0.05) is 6.07 Å². The van der Waals surface area contributed by atoms with Gasteiger partial charge in [0.1, 0.15) is 0 Å². The average molecular weight is 210 g/mol. The van der Waals surface area contributed by atoms with Crippen molar-refractivity contribution in [2.45, 2.75) is 6.92 Å². The molecule has 0 aromatic heterocycles. The number of carbonyl (C=O) groups is 1. The first-order valence-corrected chi connectivity index (χ1v) is 4.31. The lowest BCUT2D eigenvalue weighted by molar-refractivity contribution is -0.384. The van der Waals surface area contributed by atoms with Crippen molar-refractivity contribution >= 4 is 17.5 Å². The van der Waals surface area contributed by atoms with Gasteiger partial charge < -0.3 is 5.11 Å². The van der Waals surface area contributed by atoms with Crippen molar-refractivity contribution in [3.05, 3.63) is 34.4 Å². The van der Waals surface area contributed by atoms with Gasteiger partial charge in [0.05, 0.1) is 10.6 Å². The number of hydrogen-bond acceptors (Lipinski definition) is 3. The summed E-state index contributed by atoms with van der Waals surface area (Å²) in [6, 6.07) is 5.53. The van der Waals surface area contributed by atoms with E-state index in [2.05, 4.69) is 0 Å². The van der Waals surface area contributed by atoms with Gasteiger partial charge in [0.15, 0.2) is 0 Å². The van der Waals surface area contributed by atoms with E-state index < -0.39 is 11.0 Å². The molecule has 0 aliphatic carbocycles. The second-order valence-corrected chi connectivity index (χ2v) is 2.80. The summed E-state index contributed by atoms with van der Waals surface area (Å²) in [5, 5.41) is 19.3. The lowest BCUT2D eigenvalue weighted by Crippen LogP contribution is -2.28. The van der Waals surface area contributed by atoms with Crippen LogP contribution in [0, 0.1) is 10.1 Å². The van der Waals surface area contributed by atoms with Gasteiger partial charge in [-0.05, 0) is 13.0 Å². The molecular weight excluding hydrogens is 200 g/mol. The van der Waals surface area contributed by atoms with Gasteiger partial charge in [-0.25, -0.2) is 4.79 Å². The van der Waals surface area contributed by atoms with E-state index in [1.165, 1.54) is 24.3 Å². The molecule has 6 heteroatoms. The maximum Gasteiger partial charge on any atom is 0.411 e. The highest BCUT2D eigenvalue weighted by molar-refractivity contribution is 5.86. The lowest BCUT2D eigenvalue weighted by atomic mass is 10.2. The lowest BCUT2D eigenvalue weighted by Gasteiger charge is -2.16. The molecule has 0 bridgehead atoms. The third-order valence-electron chi connectivity index (χ3n) is 1.90. The van der Waals surface area contributed by atoms with Crippen LogP contribution in [0.2, 0.25) is 0 Å². The predicted molar refractivity (Wildman–Crippen MR) is 54.1 cm³/mol. The molecule has 0 aliphatic heterocycles. The summed E-state index contributed by atoms with van der Waals surface area (Å²) < 4.78 is 0. The molecule has 1 rings (SSSR count). The van der Waals surface area contributed by atoms with E-state index in [0.29, 0.717) is 5.69 Å². The molecule has 1 aromatic rings. The van der Waals surface area contributed by atoms with Gasteiger partial charge in [-0.2, -0.15) is 0 Å². The summed E-state index contributed by atoms with van der Waals surface area (Å²) in [4.78, 5) is 21.7. The minimum atomic E-state index is -1.13. The zero-order valence-electron chi connectivity index (χ0n) is 8.08. The Morgan fingerprint density at radius 3 is 2.73 bits per heavy atom. The topological polar surface area (TPSA) is 83.7 Å². The van der Waals surface area contributed by atoms with Crippen LogP contribution in [0.1, 0.15) is 6.92 Å². The Bertz CT molecular complexity index is 391. The molecule has 6 nitrogen and oxygen atoms in total. The highest BCUT2D eigenvalue weighted by Gasteiger charge is 2.14. The molecule has 0 fully saturated rings. The highest BCUT2D eigenvalue weighted by atomic mass is 16.6. The first kappa shape index (κ1) is 11.0. The smallest absolute Gasteiger partial charge is 0.411 e. The predicted octanol–water partition coefficient (Wildman–Crippen LogP) is 2.10. The molecule has 1 amide bonds. The third kappa shape index (κ3) is 2.43. The van der Waals surface area contributed by atoms with Crippen molar-refractivity contribution in [2.24, 2.45) is 0 Å². The van der Waals surface area contributed by atoms with Crippen molar-refractivity contribution in [2.75, 3.05) is 11.4 Å². The Morgan fingerprint density at radius 1 is 1.60 bits per heavy atom. The zero-order valence-corrected chi connectivity index (χ0v) is 8.08. The van der Waals surface area contributed by atoms with Gasteiger partial charge in [-0.3, -0.25) is 15.0 Å². The maximum absolute atomic E-state index is 10.8. The highest BCUT2D eigenvalue weighted by Crippen LogP contribution is 2.20. The van der Waals surface area contributed by atoms with Crippen LogP contribution in [0.3, 0.4) is 0 Å². The second kappa shape index (κ2) is 4.41. The fraction of sp³-hybridized carbons (Fsp3) is 0.222. The van der Waals surface area contributed by atoms with Crippen LogP contribution < -0.4 is 4.90 Å². The molecule has 0 saturated carbocycles. The van der Waals surface area contributed by atoms with Gasteiger partial charge in [0.25, 0.3) is 5.69 Å². The van der Waals surface area contributed by atoms with Crippen molar-refractivity contribution < 1.29 is 14.8 Å². The van der Waals surface area contributed by atoms with Crippen LogP contribution in [-0.4, -0.2) is 22.7 Å². The standard InChI is InChI=1S/C9H10N2O4/c1-2-10(9(12)13)7-4-3-5-8(6-7)11(14)15/h3-6H,2H2,1H3,(H,12,13). The molecule has 0 atom stereocenters. The molecular formula is C9H10N2O4. The molecule has 0 radical (unpaired) electrons. The molecule has 1 N–H and O–H groups in total. The molecule has 0 unspecified atom stereocenters. The largest absolute Gasteiger partial charge is 0.465 e. The van der Waals surface area contributed by atoms with Crippen LogP contribution in [0.4, 0.5) is 16.2 Å². The van der Waals surface area contributed by atoms with E-state index >= 15 is 0 Å². The van der Waals surface area contributed by atoms with Gasteiger partial charge in [0, 0.05) is 18.7 Å². The number of nitro groups is 1. The number of amides is 1. The Balaban J connectivity index is 3.08. The SMILES string of the molecule is CCN(C(=O)O)c1cccc([N+](=O)[O-])c1. The van der Waals surface area contributed by atoms with E-state index in [9.17, 15) is 14.9 Å². The Hall–Kier alpha value is -2.11. The number of nitrogens with zero attached hydrogens (tertiary/aromatic N) is 2. The molecule has 0 heterocycles. The Labute approximate surface area is 85.9 Å². The van der Waals surface area contributed by atoms with E-state index in [1.54, 1.807) is 6.92 Å². The van der Waals surface area contributed by atoms with Crippen LogP contribution in [0.25, 0.3) is 0 Å². The minimum absolute atomic E-state index is 0.118. The summed E-state index contributed by atoms with van der Waals surface area (Å²) in [6.07, 6.45) is -1.13. The molecule has 15 heavy (non-hydrogen) atoms. The van der Waals surface area contributed by atoms with E-state index in [0.717, 1.165) is 4.90 Å². The summed E-state index contributed by atoms with van der Waals surface area (Å²) >= 11 is 0. The van der Waals surface area contributed by atoms with Gasteiger partial charge in [-0.15, -0.1) is 0 Å². The molecule has 0 aliphatic rings. The van der Waals surface area contributed by atoms with Crippen LogP contribution >= 0.6 is 0 Å². The average Bonchev–Trinajstić information content (AvgIpc) is 2.18. The first-order valence-electron chi connectivity index (χ1n) is 4.31. The summed E-state index contributed by atoms with van der Waals surface area (Å²) in [5.74, 6) is 0. The maximum atomic E-state index is 10.8. The number of rotatable bonds is 3. The second-order valence-electron chi connectivity index (χ2n) is 2.80. The summed E-state index contributed by atoms with van der Waals surface area (Å²) in [6.45, 7) is 1.91. The Morgan fingerprint density at radius 2 is 2.27 bits per heavy atom. The van der Waals surface area contributed by atoms with E-state index in [4.69, 9.17) is 5.11 Å². The summed E-state index contributed by atoms with van der Waals surface area (Å²) in [5.41, 5.74) is 0.186. The van der Waals surface area contributed by atoms with Crippen molar-refractivity contribution in [1.29, 1.82) is 0 Å². The number of nitro benzene ring substituents is 1. The molecule has 0 spiro atoms. The number of non-ortho nitro benzene ring substituents is 1. The van der Waals surface area contributed by atoms with Crippen molar-refractivity contribution in [3.63, 3.8) is 0 Å². The van der Waals surface area contributed by atoms with Crippen molar-refractivity contribution in [1.82, 2.24) is 0 Å².